The predicted molar refractivity (Wildman–Crippen MR) is 101 cm³/mol. The minimum atomic E-state index is -0.0819. The van der Waals surface area contributed by atoms with Crippen LogP contribution in [0, 0.1) is 18.3 Å². The maximum absolute atomic E-state index is 12.5. The van der Waals surface area contributed by atoms with Crippen LogP contribution < -0.4 is 4.74 Å². The van der Waals surface area contributed by atoms with Crippen molar-refractivity contribution in [3.63, 3.8) is 0 Å². The molecule has 1 aromatic carbocycles. The molecule has 1 saturated carbocycles. The fraction of sp³-hybridized carbons (Fsp3) is 0.381. The summed E-state index contributed by atoms with van der Waals surface area (Å²) in [5.41, 5.74) is 3.94. The van der Waals surface area contributed by atoms with E-state index in [2.05, 4.69) is 20.8 Å². The van der Waals surface area contributed by atoms with E-state index in [4.69, 9.17) is 4.74 Å². The summed E-state index contributed by atoms with van der Waals surface area (Å²) < 4.78 is 5.07. The Balaban J connectivity index is 1.59. The summed E-state index contributed by atoms with van der Waals surface area (Å²) in [7, 11) is 1.48. The van der Waals surface area contributed by atoms with Crippen molar-refractivity contribution in [3.05, 3.63) is 50.7 Å². The van der Waals surface area contributed by atoms with Gasteiger partial charge in [-0.1, -0.05) is 13.8 Å². The second-order valence-electron chi connectivity index (χ2n) is 7.61. The lowest BCUT2D eigenvalue weighted by Crippen LogP contribution is -2.00. The van der Waals surface area contributed by atoms with E-state index in [1.54, 1.807) is 35.1 Å². The van der Waals surface area contributed by atoms with Gasteiger partial charge in [-0.2, -0.15) is 0 Å². The van der Waals surface area contributed by atoms with Crippen LogP contribution in [0.1, 0.15) is 51.0 Å². The van der Waals surface area contributed by atoms with Gasteiger partial charge in [-0.15, -0.1) is 11.3 Å². The fourth-order valence-electron chi connectivity index (χ4n) is 4.38. The maximum Gasteiger partial charge on any atom is 0.186 e. The molecule has 0 amide bonds. The van der Waals surface area contributed by atoms with Crippen LogP contribution in [0.3, 0.4) is 0 Å². The van der Waals surface area contributed by atoms with Gasteiger partial charge in [0.15, 0.2) is 17.3 Å². The van der Waals surface area contributed by atoms with Gasteiger partial charge in [-0.05, 0) is 72.1 Å². The Morgan fingerprint density at radius 1 is 1.40 bits per heavy atom. The molecule has 2 aliphatic carbocycles. The molecular weight excluding hydrogens is 332 g/mol. The summed E-state index contributed by atoms with van der Waals surface area (Å²) >= 11 is 1.79. The third kappa shape index (κ3) is 2.43. The highest BCUT2D eigenvalue weighted by atomic mass is 32.1. The van der Waals surface area contributed by atoms with Gasteiger partial charge in [-0.3, -0.25) is 4.79 Å². The van der Waals surface area contributed by atoms with Crippen LogP contribution in [0.25, 0.3) is 6.08 Å². The summed E-state index contributed by atoms with van der Waals surface area (Å²) in [6.07, 6.45) is 4.72. The third-order valence-corrected chi connectivity index (χ3v) is 7.03. The molecule has 0 aliphatic heterocycles. The minimum Gasteiger partial charge on any atom is -0.504 e. The van der Waals surface area contributed by atoms with E-state index in [0.29, 0.717) is 22.6 Å². The van der Waals surface area contributed by atoms with Crippen LogP contribution >= 0.6 is 11.3 Å². The van der Waals surface area contributed by atoms with E-state index in [9.17, 15) is 9.90 Å². The molecule has 0 saturated heterocycles. The van der Waals surface area contributed by atoms with Crippen molar-refractivity contribution in [3.8, 4) is 11.5 Å². The molecule has 0 radical (unpaired) electrons. The number of thiophene rings is 1. The van der Waals surface area contributed by atoms with E-state index in [0.717, 1.165) is 12.3 Å². The highest BCUT2D eigenvalue weighted by Crippen LogP contribution is 2.71. The normalized spacial score (nSPS) is 22.7. The quantitative estimate of drug-likeness (QED) is 0.623. The van der Waals surface area contributed by atoms with E-state index in [1.807, 2.05) is 6.08 Å². The van der Waals surface area contributed by atoms with Crippen LogP contribution in [-0.2, 0) is 6.42 Å². The third-order valence-electron chi connectivity index (χ3n) is 5.90. The highest BCUT2D eigenvalue weighted by molar-refractivity contribution is 7.13. The number of methoxy groups -OCH3 is 1. The zero-order valence-electron chi connectivity index (χ0n) is 14.9. The Bertz CT molecular complexity index is 904. The average Bonchev–Trinajstić information content (AvgIpc) is 2.93. The zero-order chi connectivity index (χ0) is 17.9. The van der Waals surface area contributed by atoms with Crippen molar-refractivity contribution in [1.82, 2.24) is 0 Å². The summed E-state index contributed by atoms with van der Waals surface area (Å²) in [5, 5.41) is 9.65. The lowest BCUT2D eigenvalue weighted by Gasteiger charge is -2.09. The molecule has 2 atom stereocenters. The largest absolute Gasteiger partial charge is 0.504 e. The second-order valence-corrected chi connectivity index (χ2v) is 8.86. The number of hydrogen-bond acceptors (Lipinski definition) is 4. The van der Waals surface area contributed by atoms with Gasteiger partial charge in [0.05, 0.1) is 7.11 Å². The molecule has 1 fully saturated rings. The Labute approximate surface area is 152 Å². The van der Waals surface area contributed by atoms with E-state index in [1.165, 1.54) is 28.5 Å². The fourth-order valence-corrected chi connectivity index (χ4v) is 5.52. The van der Waals surface area contributed by atoms with Gasteiger partial charge in [0.25, 0.3) is 0 Å². The average molecular weight is 354 g/mol. The summed E-state index contributed by atoms with van der Waals surface area (Å²) in [6, 6.07) is 4.68. The van der Waals surface area contributed by atoms with Crippen LogP contribution in [0.15, 0.2) is 24.3 Å². The lowest BCUT2D eigenvalue weighted by molar-refractivity contribution is 0.104. The molecule has 1 aromatic heterocycles. The van der Waals surface area contributed by atoms with Crippen LogP contribution in [-0.4, -0.2) is 18.0 Å². The molecular formula is C21H22O3S. The Morgan fingerprint density at radius 2 is 2.16 bits per heavy atom. The van der Waals surface area contributed by atoms with Gasteiger partial charge < -0.3 is 9.84 Å². The van der Waals surface area contributed by atoms with E-state index < -0.39 is 0 Å². The standard InChI is InChI=1S/C21H22O3S/c1-11-19-13(10-14-20(19)21(14,2)3)18(25-11)8-7-15(22)12-5-6-16(23)17(9-12)24-4/h5-9,14,20,23H,10H2,1-4H3/t14-,20-/m1/s1. The predicted octanol–water partition coefficient (Wildman–Crippen LogP) is 4.96. The molecule has 4 heteroatoms. The number of rotatable bonds is 4. The molecule has 4 rings (SSSR count). The number of phenols is 1. The molecule has 0 spiro atoms. The highest BCUT2D eigenvalue weighted by Gasteiger charge is 2.63. The Morgan fingerprint density at radius 3 is 2.88 bits per heavy atom. The van der Waals surface area contributed by atoms with Crippen molar-refractivity contribution in [2.45, 2.75) is 33.1 Å². The molecule has 2 aromatic rings. The molecule has 25 heavy (non-hydrogen) atoms. The first kappa shape index (κ1) is 16.4. The molecule has 2 aliphatic rings. The maximum atomic E-state index is 12.5. The molecule has 1 N–H and O–H groups in total. The number of benzene rings is 1. The van der Waals surface area contributed by atoms with E-state index >= 15 is 0 Å². The minimum absolute atomic E-state index is 0.0385. The number of carbonyl (C=O) groups excluding carboxylic acids is 1. The number of ether oxygens (including phenoxy) is 1. The summed E-state index contributed by atoms with van der Waals surface area (Å²) in [4.78, 5) is 15.1. The zero-order valence-corrected chi connectivity index (χ0v) is 15.7. The van der Waals surface area contributed by atoms with Crippen LogP contribution in [0.4, 0.5) is 0 Å². The SMILES string of the molecule is COc1cc(C(=O)C=Cc2sc(C)c3c2C[C@@H]2[C@H]3C2(C)C)ccc1O. The number of carbonyl (C=O) groups is 1. The number of fused-ring (bicyclic) bond motifs is 3. The second kappa shape index (κ2) is 5.46. The van der Waals surface area contributed by atoms with Crippen molar-refractivity contribution < 1.29 is 14.6 Å². The van der Waals surface area contributed by atoms with Gasteiger partial charge in [0, 0.05) is 15.3 Å². The van der Waals surface area contributed by atoms with Gasteiger partial charge in [-0.25, -0.2) is 0 Å². The van der Waals surface area contributed by atoms with Gasteiger partial charge in [0.2, 0.25) is 0 Å². The molecule has 3 nitrogen and oxygen atoms in total. The monoisotopic (exact) mass is 354 g/mol. The molecule has 130 valence electrons. The Hall–Kier alpha value is -2.07. The first-order valence-electron chi connectivity index (χ1n) is 8.56. The van der Waals surface area contributed by atoms with Gasteiger partial charge >= 0.3 is 0 Å². The molecule has 0 bridgehead atoms. The van der Waals surface area contributed by atoms with Crippen LogP contribution in [0.5, 0.6) is 11.5 Å². The number of allylic oxidation sites excluding steroid dienone is 1. The molecule has 0 unspecified atom stereocenters. The van der Waals surface area contributed by atoms with E-state index in [-0.39, 0.29) is 11.5 Å². The number of hydrogen-bond donors (Lipinski definition) is 1. The summed E-state index contributed by atoms with van der Waals surface area (Å²) in [5.74, 6) is 1.75. The summed E-state index contributed by atoms with van der Waals surface area (Å²) in [6.45, 7) is 6.92. The first-order chi connectivity index (χ1) is 11.8. The van der Waals surface area contributed by atoms with Crippen molar-refractivity contribution in [2.24, 2.45) is 11.3 Å². The number of ketones is 1. The number of aryl methyl sites for hydroxylation is 1. The van der Waals surface area contributed by atoms with Crippen molar-refractivity contribution in [1.29, 1.82) is 0 Å². The smallest absolute Gasteiger partial charge is 0.186 e. The Kier molecular flexibility index (Phi) is 3.58. The number of aromatic hydroxyl groups is 1. The van der Waals surface area contributed by atoms with Gasteiger partial charge in [0.1, 0.15) is 0 Å². The number of phenolic OH excluding ortho intramolecular Hbond substituents is 1. The first-order valence-corrected chi connectivity index (χ1v) is 9.37. The lowest BCUT2D eigenvalue weighted by atomic mass is 9.95. The van der Waals surface area contributed by atoms with Crippen molar-refractivity contribution in [2.75, 3.05) is 7.11 Å². The topological polar surface area (TPSA) is 46.5 Å². The van der Waals surface area contributed by atoms with Crippen LogP contribution in [0.2, 0.25) is 0 Å². The van der Waals surface area contributed by atoms with Crippen molar-refractivity contribution >= 4 is 23.2 Å². The molecule has 1 heterocycles.